The number of anilines is 1. The van der Waals surface area contributed by atoms with Gasteiger partial charge in [0.15, 0.2) is 0 Å². The molecule has 1 aromatic carbocycles. The van der Waals surface area contributed by atoms with E-state index in [1.807, 2.05) is 0 Å². The van der Waals surface area contributed by atoms with Crippen molar-refractivity contribution in [1.29, 1.82) is 0 Å². The fraction of sp³-hybridized carbons (Fsp3) is 0.500. The van der Waals surface area contributed by atoms with Crippen LogP contribution in [0.4, 0.5) is 5.69 Å². The van der Waals surface area contributed by atoms with E-state index < -0.39 is 5.91 Å². The number of amides is 1. The molecule has 0 spiro atoms. The summed E-state index contributed by atoms with van der Waals surface area (Å²) >= 11 is 0. The van der Waals surface area contributed by atoms with Crippen molar-refractivity contribution in [1.82, 2.24) is 0 Å². The maximum absolute atomic E-state index is 11.0. The molecule has 0 atom stereocenters. The van der Waals surface area contributed by atoms with E-state index in [1.165, 1.54) is 0 Å². The fourth-order valence-corrected chi connectivity index (χ4v) is 1.44. The predicted molar refractivity (Wildman–Crippen MR) is 73.1 cm³/mol. The summed E-state index contributed by atoms with van der Waals surface area (Å²) in [6.07, 6.45) is 0.992. The van der Waals surface area contributed by atoms with Crippen molar-refractivity contribution in [3.8, 4) is 0 Å². The van der Waals surface area contributed by atoms with Crippen molar-refractivity contribution < 1.29 is 9.53 Å². The van der Waals surface area contributed by atoms with Gasteiger partial charge in [-0.25, -0.2) is 0 Å². The molecule has 4 nitrogen and oxygen atoms in total. The topological polar surface area (TPSA) is 78.3 Å². The Morgan fingerprint density at radius 1 is 1.33 bits per heavy atom. The van der Waals surface area contributed by atoms with Crippen LogP contribution in [0.15, 0.2) is 18.2 Å². The molecule has 4 heteroatoms. The summed E-state index contributed by atoms with van der Waals surface area (Å²) in [5.41, 5.74) is 13.1. The van der Waals surface area contributed by atoms with Crippen LogP contribution < -0.4 is 11.5 Å². The molecule has 0 aliphatic carbocycles. The molecule has 0 aliphatic rings. The number of primary amides is 1. The number of carbonyl (C=O) groups is 1. The van der Waals surface area contributed by atoms with Gasteiger partial charge in [0.25, 0.3) is 0 Å². The van der Waals surface area contributed by atoms with E-state index in [0.29, 0.717) is 24.5 Å². The molecule has 0 aliphatic heterocycles. The summed E-state index contributed by atoms with van der Waals surface area (Å²) in [5, 5.41) is 0. The zero-order valence-electron chi connectivity index (χ0n) is 11.3. The first kappa shape index (κ1) is 14.5. The van der Waals surface area contributed by atoms with Gasteiger partial charge in [0.1, 0.15) is 0 Å². The summed E-state index contributed by atoms with van der Waals surface area (Å²) in [6.45, 7) is 7.67. The highest BCUT2D eigenvalue weighted by Gasteiger charge is 2.10. The molecule has 1 rings (SSSR count). The first-order valence-corrected chi connectivity index (χ1v) is 6.05. The number of nitrogens with two attached hydrogens (primary N) is 2. The Labute approximate surface area is 108 Å². The van der Waals surface area contributed by atoms with Crippen LogP contribution in [0, 0.1) is 5.41 Å². The van der Waals surface area contributed by atoms with Crippen molar-refractivity contribution in [3.63, 3.8) is 0 Å². The lowest BCUT2D eigenvalue weighted by Gasteiger charge is -2.17. The molecule has 4 N–H and O–H groups in total. The molecule has 0 saturated carbocycles. The molecular weight excluding hydrogens is 228 g/mol. The van der Waals surface area contributed by atoms with Gasteiger partial charge >= 0.3 is 0 Å². The SMILES string of the molecule is CC(C)(C)CCOCc1ccc(C(N)=O)cc1N. The molecule has 0 heterocycles. The summed E-state index contributed by atoms with van der Waals surface area (Å²) < 4.78 is 5.58. The third-order valence-electron chi connectivity index (χ3n) is 2.68. The van der Waals surface area contributed by atoms with E-state index in [4.69, 9.17) is 16.2 Å². The monoisotopic (exact) mass is 250 g/mol. The lowest BCUT2D eigenvalue weighted by Crippen LogP contribution is -2.12. The Hall–Kier alpha value is -1.55. The minimum atomic E-state index is -0.470. The molecule has 18 heavy (non-hydrogen) atoms. The minimum absolute atomic E-state index is 0.265. The quantitative estimate of drug-likeness (QED) is 0.621. The number of hydrogen-bond acceptors (Lipinski definition) is 3. The van der Waals surface area contributed by atoms with Gasteiger partial charge in [-0.15, -0.1) is 0 Å². The van der Waals surface area contributed by atoms with E-state index in [0.717, 1.165) is 12.0 Å². The summed E-state index contributed by atoms with van der Waals surface area (Å²) in [4.78, 5) is 11.0. The van der Waals surface area contributed by atoms with Crippen LogP contribution in [0.25, 0.3) is 0 Å². The highest BCUT2D eigenvalue weighted by atomic mass is 16.5. The van der Waals surface area contributed by atoms with Gasteiger partial charge < -0.3 is 16.2 Å². The lowest BCUT2D eigenvalue weighted by molar-refractivity contribution is 0.0963. The zero-order valence-corrected chi connectivity index (χ0v) is 11.3. The van der Waals surface area contributed by atoms with Crippen molar-refractivity contribution >= 4 is 11.6 Å². The molecule has 0 radical (unpaired) electrons. The smallest absolute Gasteiger partial charge is 0.248 e. The molecule has 100 valence electrons. The van der Waals surface area contributed by atoms with Gasteiger partial charge in [0.2, 0.25) is 5.91 Å². The molecule has 1 aromatic rings. The summed E-state index contributed by atoms with van der Waals surface area (Å²) in [6, 6.07) is 5.04. The van der Waals surface area contributed by atoms with E-state index in [-0.39, 0.29) is 5.41 Å². The highest BCUT2D eigenvalue weighted by Crippen LogP contribution is 2.19. The number of benzene rings is 1. The van der Waals surface area contributed by atoms with Crippen LogP contribution in [0.3, 0.4) is 0 Å². The number of rotatable bonds is 5. The normalized spacial score (nSPS) is 11.5. The Balaban J connectivity index is 2.51. The van der Waals surface area contributed by atoms with E-state index >= 15 is 0 Å². The van der Waals surface area contributed by atoms with Crippen molar-refractivity contribution in [3.05, 3.63) is 29.3 Å². The largest absolute Gasteiger partial charge is 0.398 e. The molecule has 0 bridgehead atoms. The maximum Gasteiger partial charge on any atom is 0.248 e. The molecule has 0 saturated heterocycles. The van der Waals surface area contributed by atoms with Crippen molar-refractivity contribution in [2.45, 2.75) is 33.8 Å². The second-order valence-corrected chi connectivity index (χ2v) is 5.64. The maximum atomic E-state index is 11.0. The third kappa shape index (κ3) is 4.75. The van der Waals surface area contributed by atoms with Crippen LogP contribution in [-0.2, 0) is 11.3 Å². The summed E-state index contributed by atoms with van der Waals surface area (Å²) in [5.74, 6) is -0.470. The Kier molecular flexibility index (Phi) is 4.73. The van der Waals surface area contributed by atoms with Gasteiger partial charge in [0.05, 0.1) is 6.61 Å². The predicted octanol–water partition coefficient (Wildman–Crippen LogP) is 2.32. The molecule has 0 aromatic heterocycles. The standard InChI is InChI=1S/C14H22N2O2/c1-14(2,3)6-7-18-9-11-5-4-10(13(16)17)8-12(11)15/h4-5,8H,6-7,9,15H2,1-3H3,(H2,16,17). The third-order valence-corrected chi connectivity index (χ3v) is 2.68. The van der Waals surface area contributed by atoms with Gasteiger partial charge in [-0.3, -0.25) is 4.79 Å². The average molecular weight is 250 g/mol. The van der Waals surface area contributed by atoms with Gasteiger partial charge in [-0.05, 0) is 24.0 Å². The Morgan fingerprint density at radius 2 is 2.00 bits per heavy atom. The van der Waals surface area contributed by atoms with Crippen molar-refractivity contribution in [2.24, 2.45) is 11.1 Å². The van der Waals surface area contributed by atoms with E-state index in [9.17, 15) is 4.79 Å². The molecular formula is C14H22N2O2. The van der Waals surface area contributed by atoms with Crippen LogP contribution in [-0.4, -0.2) is 12.5 Å². The second-order valence-electron chi connectivity index (χ2n) is 5.64. The minimum Gasteiger partial charge on any atom is -0.398 e. The van der Waals surface area contributed by atoms with Gasteiger partial charge in [0, 0.05) is 23.4 Å². The van der Waals surface area contributed by atoms with Crippen LogP contribution in [0.1, 0.15) is 43.1 Å². The van der Waals surface area contributed by atoms with E-state index in [2.05, 4.69) is 20.8 Å². The van der Waals surface area contributed by atoms with Crippen LogP contribution in [0.2, 0.25) is 0 Å². The Morgan fingerprint density at radius 3 is 2.50 bits per heavy atom. The second kappa shape index (κ2) is 5.87. The molecule has 1 amide bonds. The fourth-order valence-electron chi connectivity index (χ4n) is 1.44. The van der Waals surface area contributed by atoms with E-state index in [1.54, 1.807) is 18.2 Å². The van der Waals surface area contributed by atoms with Crippen LogP contribution >= 0.6 is 0 Å². The number of nitrogen functional groups attached to an aromatic ring is 1. The first-order valence-electron chi connectivity index (χ1n) is 6.05. The summed E-state index contributed by atoms with van der Waals surface area (Å²) in [7, 11) is 0. The number of carbonyl (C=O) groups excluding carboxylic acids is 1. The highest BCUT2D eigenvalue weighted by molar-refractivity contribution is 5.93. The molecule has 0 unspecified atom stereocenters. The van der Waals surface area contributed by atoms with Gasteiger partial charge in [-0.1, -0.05) is 26.8 Å². The van der Waals surface area contributed by atoms with Crippen LogP contribution in [0.5, 0.6) is 0 Å². The average Bonchev–Trinajstić information content (AvgIpc) is 2.24. The number of ether oxygens (including phenoxy) is 1. The van der Waals surface area contributed by atoms with Crippen molar-refractivity contribution in [2.75, 3.05) is 12.3 Å². The lowest BCUT2D eigenvalue weighted by atomic mass is 9.93. The first-order chi connectivity index (χ1) is 8.29. The van der Waals surface area contributed by atoms with Gasteiger partial charge in [-0.2, -0.15) is 0 Å². The Bertz CT molecular complexity index is 422. The molecule has 0 fully saturated rings. The zero-order chi connectivity index (χ0) is 13.8. The number of hydrogen-bond donors (Lipinski definition) is 2.